The fourth-order valence-electron chi connectivity index (χ4n) is 9.05. The maximum absolute atomic E-state index is 13.9. The van der Waals surface area contributed by atoms with Gasteiger partial charge in [0.2, 0.25) is 6.79 Å². The summed E-state index contributed by atoms with van der Waals surface area (Å²) in [7, 11) is 5.17. The number of amides is 1. The van der Waals surface area contributed by atoms with E-state index < -0.39 is 58.6 Å². The number of methoxy groups -OCH3 is 2. The Kier molecular flexibility index (Phi) is 11.2. The molecule has 6 aliphatic heterocycles. The normalized spacial score (nSPS) is 27.2. The van der Waals surface area contributed by atoms with Gasteiger partial charge in [-0.05, 0) is 52.8 Å². The van der Waals surface area contributed by atoms with Crippen LogP contribution in [0, 0.1) is 25.2 Å². The molecule has 2 fully saturated rings. The lowest BCUT2D eigenvalue weighted by atomic mass is 9.76. The number of aryl methyl sites for hydroxylation is 1. The molecule has 16 nitrogen and oxygen atoms in total. The molecule has 0 radical (unpaired) electrons. The van der Waals surface area contributed by atoms with Crippen LogP contribution in [0.2, 0.25) is 0 Å². The summed E-state index contributed by atoms with van der Waals surface area (Å²) in [6.07, 6.45) is -0.471. The first kappa shape index (κ1) is 40.7. The second-order valence-electron chi connectivity index (χ2n) is 15.9. The number of carbonyl (C=O) groups excluding carboxylic acids is 3. The molecule has 6 aliphatic rings. The van der Waals surface area contributed by atoms with Gasteiger partial charge in [0.1, 0.15) is 29.5 Å². The molecule has 57 heavy (non-hydrogen) atoms. The monoisotopic (exact) mass is 810 g/mol. The van der Waals surface area contributed by atoms with Crippen LogP contribution in [0.4, 0.5) is 4.79 Å². The maximum atomic E-state index is 13.9. The van der Waals surface area contributed by atoms with E-state index in [1.807, 2.05) is 20.9 Å². The number of carbonyl (C=O) groups is 3. The summed E-state index contributed by atoms with van der Waals surface area (Å²) in [5, 5.41) is 13.6. The fourth-order valence-corrected chi connectivity index (χ4v) is 10.5. The van der Waals surface area contributed by atoms with E-state index in [9.17, 15) is 19.6 Å². The average molecular weight is 811 g/mol. The number of cyclic esters (lactones) is 1. The number of hydrogen-bond acceptors (Lipinski definition) is 16. The van der Waals surface area contributed by atoms with E-state index in [-0.39, 0.29) is 25.9 Å². The minimum absolute atomic E-state index is 0.0426. The summed E-state index contributed by atoms with van der Waals surface area (Å²) in [6, 6.07) is 1.91. The standard InChI is InChI=1S/C40H50N4O12S/c1-20-12-23-13-40(16-41)17-43(7)29(26(23)34(31(20)49-9)52-18-50-11-10-48-8)30-36-28-27(35-33(53-19-54-35)21(2)32(28)55-22(3)45)25(44(30)40)14-51-37(46)24(15-57-36)42-38(47)56-39(4,5)6/h12,24-25,29-30,36H,10-11,13-15,17-19H2,1-9H3,(H,42,47)/t24-,25-,29+,30?,36+,40-/m0/s1. The highest BCUT2D eigenvalue weighted by atomic mass is 32.2. The minimum atomic E-state index is -1.17. The Bertz CT molecular complexity index is 2000. The number of hydrogen-bond donors (Lipinski definition) is 1. The molecule has 0 spiro atoms. The number of benzene rings is 2. The van der Waals surface area contributed by atoms with Crippen molar-refractivity contribution in [3.8, 4) is 34.8 Å². The third-order valence-corrected chi connectivity index (χ3v) is 12.4. The number of nitrogens with one attached hydrogen (secondary N) is 1. The molecule has 2 aromatic rings. The van der Waals surface area contributed by atoms with Crippen molar-refractivity contribution < 1.29 is 57.0 Å². The van der Waals surface area contributed by atoms with Crippen molar-refractivity contribution in [2.75, 3.05) is 67.0 Å². The van der Waals surface area contributed by atoms with E-state index >= 15 is 0 Å². The molecular formula is C40H50N4O12S. The van der Waals surface area contributed by atoms with E-state index in [2.05, 4.69) is 27.3 Å². The van der Waals surface area contributed by atoms with Crippen molar-refractivity contribution in [1.82, 2.24) is 15.1 Å². The van der Waals surface area contributed by atoms with Crippen LogP contribution in [-0.4, -0.2) is 118 Å². The molecule has 0 aromatic heterocycles. The molecule has 1 N–H and O–H groups in total. The van der Waals surface area contributed by atoms with E-state index in [1.165, 1.54) is 18.7 Å². The van der Waals surface area contributed by atoms with Crippen molar-refractivity contribution in [3.63, 3.8) is 0 Å². The maximum Gasteiger partial charge on any atom is 0.408 e. The fraction of sp³-hybridized carbons (Fsp3) is 0.600. The molecular weight excluding hydrogens is 761 g/mol. The van der Waals surface area contributed by atoms with Crippen molar-refractivity contribution >= 4 is 29.8 Å². The predicted octanol–water partition coefficient (Wildman–Crippen LogP) is 4.42. The summed E-state index contributed by atoms with van der Waals surface area (Å²) in [4.78, 5) is 44.3. The highest BCUT2D eigenvalue weighted by Gasteiger charge is 2.63. The van der Waals surface area contributed by atoms with E-state index in [0.717, 1.165) is 16.7 Å². The van der Waals surface area contributed by atoms with Crippen LogP contribution in [0.5, 0.6) is 28.7 Å². The zero-order valence-electron chi connectivity index (χ0n) is 33.8. The average Bonchev–Trinajstić information content (AvgIpc) is 3.55. The smallest absolute Gasteiger partial charge is 0.408 e. The zero-order chi connectivity index (χ0) is 41.0. The Balaban J connectivity index is 1.47. The van der Waals surface area contributed by atoms with Gasteiger partial charge >= 0.3 is 18.0 Å². The number of alkyl carbamates (subject to hydrolysis) is 1. The lowest BCUT2D eigenvalue weighted by Gasteiger charge is -2.60. The highest BCUT2D eigenvalue weighted by Crippen LogP contribution is 2.65. The largest absolute Gasteiger partial charge is 0.493 e. The molecule has 17 heteroatoms. The zero-order valence-corrected chi connectivity index (χ0v) is 34.6. The Labute approximate surface area is 336 Å². The topological polar surface area (TPSA) is 177 Å². The molecule has 2 aromatic carbocycles. The van der Waals surface area contributed by atoms with Gasteiger partial charge in [0.25, 0.3) is 0 Å². The number of rotatable bonds is 9. The number of nitriles is 1. The second kappa shape index (κ2) is 15.7. The van der Waals surface area contributed by atoms with Gasteiger partial charge in [-0.3, -0.25) is 14.6 Å². The van der Waals surface area contributed by atoms with Crippen LogP contribution in [0.1, 0.15) is 78.4 Å². The van der Waals surface area contributed by atoms with E-state index in [1.54, 1.807) is 35.0 Å². The van der Waals surface area contributed by atoms with Crippen molar-refractivity contribution in [2.24, 2.45) is 0 Å². The predicted molar refractivity (Wildman–Crippen MR) is 205 cm³/mol. The molecule has 0 saturated carbocycles. The summed E-state index contributed by atoms with van der Waals surface area (Å²) in [5.74, 6) is 1.06. The summed E-state index contributed by atoms with van der Waals surface area (Å²) in [5.41, 5.74) is 2.42. The van der Waals surface area contributed by atoms with Gasteiger partial charge in [-0.2, -0.15) is 5.26 Å². The molecule has 7 atom stereocenters. The Morgan fingerprint density at radius 1 is 1.07 bits per heavy atom. The number of nitrogens with zero attached hydrogens (tertiary/aromatic N) is 3. The van der Waals surface area contributed by atoms with Gasteiger partial charge < -0.3 is 47.9 Å². The lowest BCUT2D eigenvalue weighted by molar-refractivity contribution is -0.152. The highest BCUT2D eigenvalue weighted by molar-refractivity contribution is 7.99. The van der Waals surface area contributed by atoms with Crippen molar-refractivity contribution in [2.45, 2.75) is 88.5 Å². The van der Waals surface area contributed by atoms with Gasteiger partial charge in [0.15, 0.2) is 29.8 Å². The van der Waals surface area contributed by atoms with Crippen LogP contribution < -0.4 is 29.0 Å². The number of ether oxygens (including phenoxy) is 9. The van der Waals surface area contributed by atoms with Crippen LogP contribution in [0.3, 0.4) is 0 Å². The SMILES string of the molecule is COCCOCOc1c(OC)c(C)cc2c1[C@@H]1C3[C@@H]4SC[C@H](NC(=O)OC(C)(C)C)C(=O)OC[C@@H](c5c6c(c(C)c(OC(C)=O)c54)OCO6)N3[C@](C#N)(C2)CN1C. The Morgan fingerprint density at radius 2 is 1.82 bits per heavy atom. The first-order valence-corrected chi connectivity index (χ1v) is 19.9. The molecule has 1 amide bonds. The van der Waals surface area contributed by atoms with Crippen LogP contribution in [0.15, 0.2) is 6.07 Å². The Hall–Kier alpha value is -4.47. The summed E-state index contributed by atoms with van der Waals surface area (Å²) >= 11 is 1.39. The third kappa shape index (κ3) is 7.20. The van der Waals surface area contributed by atoms with Crippen molar-refractivity contribution in [1.29, 1.82) is 5.26 Å². The van der Waals surface area contributed by atoms with Gasteiger partial charge in [-0.1, -0.05) is 6.07 Å². The molecule has 2 unspecified atom stereocenters. The Morgan fingerprint density at radius 3 is 2.51 bits per heavy atom. The van der Waals surface area contributed by atoms with Gasteiger partial charge in [-0.15, -0.1) is 11.8 Å². The van der Waals surface area contributed by atoms with Gasteiger partial charge in [-0.25, -0.2) is 9.59 Å². The molecule has 308 valence electrons. The first-order chi connectivity index (χ1) is 27.1. The van der Waals surface area contributed by atoms with E-state index in [0.29, 0.717) is 71.6 Å². The first-order valence-electron chi connectivity index (χ1n) is 18.9. The summed E-state index contributed by atoms with van der Waals surface area (Å²) in [6.45, 7) is 10.9. The second-order valence-corrected chi connectivity index (χ2v) is 17.1. The molecule has 4 bridgehead atoms. The molecule has 0 aliphatic carbocycles. The van der Waals surface area contributed by atoms with Gasteiger partial charge in [0, 0.05) is 61.0 Å². The van der Waals surface area contributed by atoms with E-state index in [4.69, 9.17) is 42.6 Å². The number of piperazine rings is 1. The number of likely N-dealkylation sites (N-methyl/N-ethyl adjacent to an activating group) is 1. The summed E-state index contributed by atoms with van der Waals surface area (Å²) < 4.78 is 53.5. The quantitative estimate of drug-likeness (QED) is 0.163. The minimum Gasteiger partial charge on any atom is -0.493 e. The lowest BCUT2D eigenvalue weighted by Crippen LogP contribution is -2.69. The molecule has 8 rings (SSSR count). The van der Waals surface area contributed by atoms with Crippen molar-refractivity contribution in [3.05, 3.63) is 39.4 Å². The van der Waals surface area contributed by atoms with Crippen LogP contribution in [0.25, 0.3) is 0 Å². The number of fused-ring (bicyclic) bond motifs is 6. The molecule has 2 saturated heterocycles. The number of esters is 2. The molecule has 6 heterocycles. The van der Waals surface area contributed by atoms with Gasteiger partial charge in [0.05, 0.1) is 43.7 Å². The number of thioether (sulfide) groups is 1. The van der Waals surface area contributed by atoms with Crippen LogP contribution >= 0.6 is 11.8 Å². The van der Waals surface area contributed by atoms with Crippen LogP contribution in [-0.2, 0) is 35.0 Å². The third-order valence-electron chi connectivity index (χ3n) is 11.0.